The van der Waals surface area contributed by atoms with Crippen LogP contribution < -0.4 is 10.6 Å². The molecule has 96 valence electrons. The first-order valence-corrected chi connectivity index (χ1v) is 6.40. The Morgan fingerprint density at radius 1 is 1.18 bits per heavy atom. The predicted molar refractivity (Wildman–Crippen MR) is 76.5 cm³/mol. The van der Waals surface area contributed by atoms with Crippen LogP contribution in [0.25, 0.3) is 0 Å². The molecular weight excluding hydrogens is 208 g/mol. The summed E-state index contributed by atoms with van der Waals surface area (Å²) in [6.07, 6.45) is 1.09. The summed E-state index contributed by atoms with van der Waals surface area (Å²) in [4.78, 5) is 2.23. The minimum atomic E-state index is 0.150. The number of aryl methyl sites for hydroxylation is 1. The van der Waals surface area contributed by atoms with Gasteiger partial charge in [0, 0.05) is 25.3 Å². The fourth-order valence-corrected chi connectivity index (χ4v) is 1.66. The van der Waals surface area contributed by atoms with Crippen LogP contribution in [0.5, 0.6) is 0 Å². The molecule has 0 aliphatic rings. The highest BCUT2D eigenvalue weighted by molar-refractivity contribution is 5.47. The number of anilines is 1. The van der Waals surface area contributed by atoms with E-state index in [4.69, 9.17) is 5.73 Å². The van der Waals surface area contributed by atoms with E-state index in [2.05, 4.69) is 63.9 Å². The Morgan fingerprint density at radius 2 is 1.71 bits per heavy atom. The molecular formula is C15H26N2. The Bertz CT molecular complexity index is 335. The highest BCUT2D eigenvalue weighted by atomic mass is 15.1. The zero-order valence-electron chi connectivity index (χ0n) is 11.8. The molecule has 0 bridgehead atoms. The summed E-state index contributed by atoms with van der Waals surface area (Å²) in [7, 11) is 2.10. The lowest BCUT2D eigenvalue weighted by molar-refractivity contribution is 0.323. The van der Waals surface area contributed by atoms with E-state index in [1.807, 2.05) is 0 Å². The van der Waals surface area contributed by atoms with Gasteiger partial charge >= 0.3 is 0 Å². The van der Waals surface area contributed by atoms with Gasteiger partial charge in [-0.2, -0.15) is 0 Å². The largest absolute Gasteiger partial charge is 0.373 e. The van der Waals surface area contributed by atoms with Crippen molar-refractivity contribution in [2.45, 2.75) is 40.2 Å². The van der Waals surface area contributed by atoms with Crippen LogP contribution in [0.4, 0.5) is 5.69 Å². The van der Waals surface area contributed by atoms with Crippen LogP contribution in [0.15, 0.2) is 24.3 Å². The fraction of sp³-hybridized carbons (Fsp3) is 0.600. The van der Waals surface area contributed by atoms with Gasteiger partial charge in [0.2, 0.25) is 0 Å². The molecule has 17 heavy (non-hydrogen) atoms. The van der Waals surface area contributed by atoms with Crippen molar-refractivity contribution in [3.63, 3.8) is 0 Å². The third-order valence-electron chi connectivity index (χ3n) is 3.37. The average molecular weight is 234 g/mol. The van der Waals surface area contributed by atoms with E-state index < -0.39 is 0 Å². The second-order valence-corrected chi connectivity index (χ2v) is 5.87. The number of rotatable bonds is 4. The third kappa shape index (κ3) is 4.04. The first-order valence-electron chi connectivity index (χ1n) is 6.40. The monoisotopic (exact) mass is 234 g/mol. The molecule has 0 saturated carbocycles. The molecule has 0 heterocycles. The van der Waals surface area contributed by atoms with E-state index in [9.17, 15) is 0 Å². The first-order chi connectivity index (χ1) is 7.84. The molecule has 0 aromatic heterocycles. The van der Waals surface area contributed by atoms with Crippen molar-refractivity contribution in [1.82, 2.24) is 0 Å². The molecule has 0 aliphatic heterocycles. The van der Waals surface area contributed by atoms with E-state index in [0.29, 0.717) is 0 Å². The van der Waals surface area contributed by atoms with E-state index >= 15 is 0 Å². The molecule has 0 amide bonds. The minimum Gasteiger partial charge on any atom is -0.373 e. The minimum absolute atomic E-state index is 0.150. The van der Waals surface area contributed by atoms with Gasteiger partial charge in [-0.25, -0.2) is 0 Å². The first kappa shape index (κ1) is 14.0. The summed E-state index contributed by atoms with van der Waals surface area (Å²) in [5, 5.41) is 0. The van der Waals surface area contributed by atoms with Crippen molar-refractivity contribution < 1.29 is 0 Å². The van der Waals surface area contributed by atoms with Crippen LogP contribution in [0, 0.1) is 5.41 Å². The maximum atomic E-state index is 6.20. The Kier molecular flexibility index (Phi) is 4.58. The Balaban J connectivity index is 2.66. The number of nitrogens with zero attached hydrogens (tertiary/aromatic N) is 1. The topological polar surface area (TPSA) is 29.3 Å². The lowest BCUT2D eigenvalue weighted by Crippen LogP contribution is -2.44. The molecule has 1 rings (SSSR count). The van der Waals surface area contributed by atoms with Crippen LogP contribution in [-0.2, 0) is 6.42 Å². The van der Waals surface area contributed by atoms with E-state index in [1.54, 1.807) is 0 Å². The van der Waals surface area contributed by atoms with Crippen molar-refractivity contribution in [1.29, 1.82) is 0 Å². The summed E-state index contributed by atoms with van der Waals surface area (Å²) in [5.74, 6) is 0. The molecule has 1 aromatic rings. The zero-order chi connectivity index (χ0) is 13.1. The van der Waals surface area contributed by atoms with Crippen molar-refractivity contribution in [2.75, 3.05) is 18.5 Å². The maximum absolute atomic E-state index is 6.20. The lowest BCUT2D eigenvalue weighted by Gasteiger charge is -2.32. The molecule has 2 heteroatoms. The van der Waals surface area contributed by atoms with E-state index in [-0.39, 0.29) is 11.5 Å². The lowest BCUT2D eigenvalue weighted by atomic mass is 9.87. The molecule has 0 aliphatic carbocycles. The van der Waals surface area contributed by atoms with Crippen molar-refractivity contribution >= 4 is 5.69 Å². The quantitative estimate of drug-likeness (QED) is 0.867. The Labute approximate surface area is 106 Å². The van der Waals surface area contributed by atoms with E-state index in [0.717, 1.165) is 13.0 Å². The van der Waals surface area contributed by atoms with Gasteiger partial charge < -0.3 is 10.6 Å². The van der Waals surface area contributed by atoms with Crippen molar-refractivity contribution in [3.8, 4) is 0 Å². The summed E-state index contributed by atoms with van der Waals surface area (Å²) >= 11 is 0. The van der Waals surface area contributed by atoms with Crippen LogP contribution in [0.3, 0.4) is 0 Å². The van der Waals surface area contributed by atoms with Gasteiger partial charge in [-0.3, -0.25) is 0 Å². The third-order valence-corrected chi connectivity index (χ3v) is 3.37. The number of benzene rings is 1. The molecule has 1 unspecified atom stereocenters. The molecule has 2 nitrogen and oxygen atoms in total. The smallest absolute Gasteiger partial charge is 0.0364 e. The maximum Gasteiger partial charge on any atom is 0.0364 e. The highest BCUT2D eigenvalue weighted by Crippen LogP contribution is 2.20. The van der Waals surface area contributed by atoms with E-state index in [1.165, 1.54) is 11.3 Å². The van der Waals surface area contributed by atoms with Gasteiger partial charge in [0.15, 0.2) is 0 Å². The van der Waals surface area contributed by atoms with Crippen LogP contribution in [0.2, 0.25) is 0 Å². The molecule has 2 N–H and O–H groups in total. The molecule has 0 radical (unpaired) electrons. The van der Waals surface area contributed by atoms with Gasteiger partial charge in [-0.15, -0.1) is 0 Å². The van der Waals surface area contributed by atoms with Crippen LogP contribution in [-0.4, -0.2) is 19.6 Å². The SMILES string of the molecule is CCc1ccc(N(C)CC(N)C(C)(C)C)cc1. The van der Waals surface area contributed by atoms with Gasteiger partial charge in [-0.05, 0) is 29.5 Å². The van der Waals surface area contributed by atoms with Crippen LogP contribution >= 0.6 is 0 Å². The second-order valence-electron chi connectivity index (χ2n) is 5.87. The van der Waals surface area contributed by atoms with Gasteiger partial charge in [0.25, 0.3) is 0 Å². The zero-order valence-corrected chi connectivity index (χ0v) is 11.8. The predicted octanol–water partition coefficient (Wildman–Crippen LogP) is 3.06. The summed E-state index contributed by atoms with van der Waals surface area (Å²) in [6.45, 7) is 9.62. The molecule has 0 fully saturated rings. The highest BCUT2D eigenvalue weighted by Gasteiger charge is 2.21. The number of hydrogen-bond donors (Lipinski definition) is 1. The van der Waals surface area contributed by atoms with Crippen LogP contribution in [0.1, 0.15) is 33.3 Å². The molecule has 1 aromatic carbocycles. The number of hydrogen-bond acceptors (Lipinski definition) is 2. The standard InChI is InChI=1S/C15H26N2/c1-6-12-7-9-13(10-8-12)17(5)11-14(16)15(2,3)4/h7-10,14H,6,11,16H2,1-5H3. The van der Waals surface area contributed by atoms with Gasteiger partial charge in [-0.1, -0.05) is 39.8 Å². The number of nitrogens with two attached hydrogens (primary N) is 1. The molecule has 0 spiro atoms. The molecule has 0 saturated heterocycles. The normalized spacial score (nSPS) is 13.5. The fourth-order valence-electron chi connectivity index (χ4n) is 1.66. The average Bonchev–Trinajstić information content (AvgIpc) is 2.27. The van der Waals surface area contributed by atoms with Crippen molar-refractivity contribution in [2.24, 2.45) is 11.1 Å². The Morgan fingerprint density at radius 3 is 2.12 bits per heavy atom. The second kappa shape index (κ2) is 5.54. The van der Waals surface area contributed by atoms with Gasteiger partial charge in [0.1, 0.15) is 0 Å². The van der Waals surface area contributed by atoms with Crippen molar-refractivity contribution in [3.05, 3.63) is 29.8 Å². The molecule has 1 atom stereocenters. The number of likely N-dealkylation sites (N-methyl/N-ethyl adjacent to an activating group) is 1. The summed E-state index contributed by atoms with van der Waals surface area (Å²) in [6, 6.07) is 8.91. The summed E-state index contributed by atoms with van der Waals surface area (Å²) < 4.78 is 0. The summed E-state index contributed by atoms with van der Waals surface area (Å²) in [5.41, 5.74) is 8.97. The van der Waals surface area contributed by atoms with Gasteiger partial charge in [0.05, 0.1) is 0 Å². The Hall–Kier alpha value is -1.02.